The summed E-state index contributed by atoms with van der Waals surface area (Å²) in [6, 6.07) is 11.4. The summed E-state index contributed by atoms with van der Waals surface area (Å²) < 4.78 is 31.3. The van der Waals surface area contributed by atoms with Gasteiger partial charge in [-0.05, 0) is 54.5 Å². The van der Waals surface area contributed by atoms with Crippen molar-refractivity contribution in [3.05, 3.63) is 82.4 Å². The van der Waals surface area contributed by atoms with Gasteiger partial charge in [0.05, 0.1) is 19.7 Å². The molecule has 2 aromatic carbocycles. The molecular formula is C22H19F2NO3. The number of rotatable bonds is 3. The fraction of sp³-hybridized carbons (Fsp3) is 0.182. The predicted molar refractivity (Wildman–Crippen MR) is 102 cm³/mol. The maximum absolute atomic E-state index is 13.1. The van der Waals surface area contributed by atoms with Crippen LogP contribution in [0.15, 0.2) is 59.7 Å². The van der Waals surface area contributed by atoms with Crippen LogP contribution >= 0.6 is 0 Å². The third kappa shape index (κ3) is 4.71. The summed E-state index contributed by atoms with van der Waals surface area (Å²) >= 11 is 0. The molecule has 0 spiro atoms. The monoisotopic (exact) mass is 383 g/mol. The van der Waals surface area contributed by atoms with Crippen molar-refractivity contribution >= 4 is 24.0 Å². The number of hydrogen-bond acceptors (Lipinski definition) is 3. The van der Waals surface area contributed by atoms with Crippen molar-refractivity contribution in [2.45, 2.75) is 6.92 Å². The van der Waals surface area contributed by atoms with Crippen LogP contribution in [-0.2, 0) is 9.53 Å². The Bertz CT molecular complexity index is 864. The molecule has 1 fully saturated rings. The molecule has 0 aliphatic carbocycles. The van der Waals surface area contributed by atoms with Crippen LogP contribution in [0.3, 0.4) is 0 Å². The molecule has 0 radical (unpaired) electrons. The standard InChI is InChI=1S/C22H19F2NO3/c1-2-28-22(27)25-13-17(11-15-3-7-19(23)8-4-15)21(26)18(14-25)12-16-5-9-20(24)10-6-16/h3-12H,2,13-14H2,1H3/b17-11-,18-12+. The Morgan fingerprint density at radius 1 is 0.929 bits per heavy atom. The minimum absolute atomic E-state index is 0.0931. The zero-order valence-corrected chi connectivity index (χ0v) is 15.3. The maximum Gasteiger partial charge on any atom is 0.410 e. The van der Waals surface area contributed by atoms with E-state index in [1.807, 2.05) is 0 Å². The molecule has 0 saturated carbocycles. The van der Waals surface area contributed by atoms with Crippen molar-refractivity contribution in [1.82, 2.24) is 4.90 Å². The second-order valence-corrected chi connectivity index (χ2v) is 6.33. The minimum Gasteiger partial charge on any atom is -0.450 e. The van der Waals surface area contributed by atoms with E-state index in [1.165, 1.54) is 29.2 Å². The number of ketones is 1. The molecule has 28 heavy (non-hydrogen) atoms. The summed E-state index contributed by atoms with van der Waals surface area (Å²) in [5.41, 5.74) is 2.08. The van der Waals surface area contributed by atoms with Crippen LogP contribution in [0.2, 0.25) is 0 Å². The Kier molecular flexibility index (Phi) is 5.99. The Morgan fingerprint density at radius 3 is 1.75 bits per heavy atom. The van der Waals surface area contributed by atoms with E-state index < -0.39 is 6.09 Å². The van der Waals surface area contributed by atoms with Crippen LogP contribution < -0.4 is 0 Å². The van der Waals surface area contributed by atoms with Crippen LogP contribution in [-0.4, -0.2) is 36.5 Å². The van der Waals surface area contributed by atoms with Crippen molar-refractivity contribution in [2.24, 2.45) is 0 Å². The first-order chi connectivity index (χ1) is 13.5. The average molecular weight is 383 g/mol. The molecule has 1 heterocycles. The van der Waals surface area contributed by atoms with E-state index in [0.29, 0.717) is 22.3 Å². The van der Waals surface area contributed by atoms with Crippen molar-refractivity contribution in [3.63, 3.8) is 0 Å². The highest BCUT2D eigenvalue weighted by molar-refractivity contribution is 6.15. The lowest BCUT2D eigenvalue weighted by Gasteiger charge is -2.29. The normalized spacial score (nSPS) is 17.2. The van der Waals surface area contributed by atoms with Crippen LogP contribution in [0.4, 0.5) is 13.6 Å². The Labute approximate surface area is 161 Å². The molecular weight excluding hydrogens is 364 g/mol. The van der Waals surface area contributed by atoms with E-state index in [0.717, 1.165) is 0 Å². The summed E-state index contributed by atoms with van der Waals surface area (Å²) in [5, 5.41) is 0. The van der Waals surface area contributed by atoms with E-state index in [9.17, 15) is 18.4 Å². The number of halogens is 2. The van der Waals surface area contributed by atoms with Gasteiger partial charge in [0.2, 0.25) is 0 Å². The topological polar surface area (TPSA) is 46.6 Å². The number of hydrogen-bond donors (Lipinski definition) is 0. The largest absolute Gasteiger partial charge is 0.450 e. The van der Waals surface area contributed by atoms with Crippen LogP contribution in [0, 0.1) is 11.6 Å². The van der Waals surface area contributed by atoms with Crippen molar-refractivity contribution < 1.29 is 23.1 Å². The van der Waals surface area contributed by atoms with E-state index in [-0.39, 0.29) is 37.1 Å². The van der Waals surface area contributed by atoms with Gasteiger partial charge in [-0.25, -0.2) is 13.6 Å². The minimum atomic E-state index is -0.523. The van der Waals surface area contributed by atoms with Gasteiger partial charge in [0, 0.05) is 11.1 Å². The first-order valence-corrected chi connectivity index (χ1v) is 8.85. The van der Waals surface area contributed by atoms with Gasteiger partial charge < -0.3 is 4.74 Å². The van der Waals surface area contributed by atoms with Crippen molar-refractivity contribution in [3.8, 4) is 0 Å². The van der Waals surface area contributed by atoms with E-state index in [1.54, 1.807) is 43.3 Å². The van der Waals surface area contributed by atoms with Gasteiger partial charge in [-0.1, -0.05) is 24.3 Å². The number of nitrogens with zero attached hydrogens (tertiary/aromatic N) is 1. The number of Topliss-reactive ketones (excluding diaryl/α,β-unsaturated/α-hetero) is 1. The summed E-state index contributed by atoms with van der Waals surface area (Å²) in [6.45, 7) is 2.11. The molecule has 0 N–H and O–H groups in total. The molecule has 6 heteroatoms. The number of carbonyl (C=O) groups excluding carboxylic acids is 2. The smallest absolute Gasteiger partial charge is 0.410 e. The molecule has 0 atom stereocenters. The number of carbonyl (C=O) groups is 2. The molecule has 1 aliphatic heterocycles. The SMILES string of the molecule is CCOC(=O)N1C/C(=C/c2ccc(F)cc2)C(=O)/C(=C/c2ccc(F)cc2)C1. The zero-order chi connectivity index (χ0) is 20.1. The second kappa shape index (κ2) is 8.61. The lowest BCUT2D eigenvalue weighted by molar-refractivity contribution is -0.113. The molecule has 1 saturated heterocycles. The Balaban J connectivity index is 1.96. The third-order valence-electron chi connectivity index (χ3n) is 4.25. The average Bonchev–Trinajstić information content (AvgIpc) is 2.68. The lowest BCUT2D eigenvalue weighted by Crippen LogP contribution is -2.41. The zero-order valence-electron chi connectivity index (χ0n) is 15.3. The molecule has 1 aliphatic rings. The number of ether oxygens (including phenoxy) is 1. The van der Waals surface area contributed by atoms with Gasteiger partial charge in [-0.15, -0.1) is 0 Å². The van der Waals surface area contributed by atoms with E-state index in [4.69, 9.17) is 4.74 Å². The number of benzene rings is 2. The summed E-state index contributed by atoms with van der Waals surface area (Å²) in [6.07, 6.45) is 2.74. The molecule has 0 aromatic heterocycles. The number of piperidine rings is 1. The second-order valence-electron chi connectivity index (χ2n) is 6.33. The van der Waals surface area contributed by atoms with Gasteiger partial charge >= 0.3 is 6.09 Å². The fourth-order valence-corrected chi connectivity index (χ4v) is 2.90. The van der Waals surface area contributed by atoms with E-state index in [2.05, 4.69) is 0 Å². The molecule has 3 rings (SSSR count). The molecule has 2 aromatic rings. The number of amides is 1. The van der Waals surface area contributed by atoms with Gasteiger partial charge in [0.15, 0.2) is 5.78 Å². The highest BCUT2D eigenvalue weighted by Crippen LogP contribution is 2.23. The van der Waals surface area contributed by atoms with Crippen LogP contribution in [0.1, 0.15) is 18.1 Å². The van der Waals surface area contributed by atoms with E-state index >= 15 is 0 Å². The van der Waals surface area contributed by atoms with Gasteiger partial charge in [-0.2, -0.15) is 0 Å². The van der Waals surface area contributed by atoms with Crippen molar-refractivity contribution in [1.29, 1.82) is 0 Å². The summed E-state index contributed by atoms with van der Waals surface area (Å²) in [5.74, 6) is -0.960. The van der Waals surface area contributed by atoms with Crippen molar-refractivity contribution in [2.75, 3.05) is 19.7 Å². The van der Waals surface area contributed by atoms with Gasteiger partial charge in [-0.3, -0.25) is 9.69 Å². The highest BCUT2D eigenvalue weighted by atomic mass is 19.1. The molecule has 0 unspecified atom stereocenters. The number of likely N-dealkylation sites (tertiary alicyclic amines) is 1. The maximum atomic E-state index is 13.1. The quantitative estimate of drug-likeness (QED) is 0.735. The predicted octanol–water partition coefficient (Wildman–Crippen LogP) is 4.47. The summed E-state index contributed by atoms with van der Waals surface area (Å²) in [7, 11) is 0. The van der Waals surface area contributed by atoms with Crippen LogP contribution in [0.25, 0.3) is 12.2 Å². The lowest BCUT2D eigenvalue weighted by atomic mass is 9.94. The fourth-order valence-electron chi connectivity index (χ4n) is 2.90. The molecule has 4 nitrogen and oxygen atoms in total. The molecule has 144 valence electrons. The summed E-state index contributed by atoms with van der Waals surface area (Å²) in [4.78, 5) is 26.6. The molecule has 0 bridgehead atoms. The van der Waals surface area contributed by atoms with Gasteiger partial charge in [0.25, 0.3) is 0 Å². The molecule has 1 amide bonds. The first-order valence-electron chi connectivity index (χ1n) is 8.85. The highest BCUT2D eigenvalue weighted by Gasteiger charge is 2.29. The first kappa shape index (κ1) is 19.5. The van der Waals surface area contributed by atoms with Gasteiger partial charge in [0.1, 0.15) is 11.6 Å². The Morgan fingerprint density at radius 2 is 1.36 bits per heavy atom. The Hall–Kier alpha value is -3.28. The van der Waals surface area contributed by atoms with Crippen LogP contribution in [0.5, 0.6) is 0 Å². The third-order valence-corrected chi connectivity index (χ3v) is 4.25.